The largest absolute Gasteiger partial charge is 0.327 e. The third kappa shape index (κ3) is 4.37. The van der Waals surface area contributed by atoms with Crippen molar-refractivity contribution in [2.24, 2.45) is 5.73 Å². The average Bonchev–Trinajstić information content (AvgIpc) is 2.29. The van der Waals surface area contributed by atoms with Gasteiger partial charge in [0.05, 0.1) is 11.6 Å². The Balaban J connectivity index is 2.35. The molecule has 1 aromatic carbocycles. The highest BCUT2D eigenvalue weighted by Gasteiger charge is 1.99. The molecule has 0 bridgehead atoms. The molecule has 0 fully saturated rings. The van der Waals surface area contributed by atoms with Crippen molar-refractivity contribution in [3.8, 4) is 6.07 Å². The number of hydrogen-bond acceptors (Lipinski definition) is 3. The van der Waals surface area contributed by atoms with E-state index in [0.29, 0.717) is 11.6 Å². The SMILES string of the molecule is CCC(N)CSCc1ccc(C#N)cc1. The second-order valence-electron chi connectivity index (χ2n) is 3.49. The van der Waals surface area contributed by atoms with Gasteiger partial charge in [-0.05, 0) is 24.1 Å². The molecular weight excluding hydrogens is 204 g/mol. The minimum Gasteiger partial charge on any atom is -0.327 e. The molecule has 1 atom stereocenters. The summed E-state index contributed by atoms with van der Waals surface area (Å²) < 4.78 is 0. The summed E-state index contributed by atoms with van der Waals surface area (Å²) in [5, 5.41) is 8.64. The molecule has 0 saturated carbocycles. The fraction of sp³-hybridized carbons (Fsp3) is 0.417. The number of rotatable bonds is 5. The highest BCUT2D eigenvalue weighted by molar-refractivity contribution is 7.98. The van der Waals surface area contributed by atoms with Crippen LogP contribution in [0.4, 0.5) is 0 Å². The molecule has 80 valence electrons. The summed E-state index contributed by atoms with van der Waals surface area (Å²) >= 11 is 1.84. The molecule has 0 heterocycles. The van der Waals surface area contributed by atoms with E-state index >= 15 is 0 Å². The van der Waals surface area contributed by atoms with Crippen LogP contribution in [0.1, 0.15) is 24.5 Å². The molecule has 0 spiro atoms. The molecule has 0 aliphatic rings. The van der Waals surface area contributed by atoms with Crippen LogP contribution < -0.4 is 5.73 Å². The molecular formula is C12H16N2S. The standard InChI is InChI=1S/C12H16N2S/c1-2-12(14)9-15-8-11-5-3-10(7-13)4-6-11/h3-6,12H,2,8-9,14H2,1H3. The minimum absolute atomic E-state index is 0.299. The molecule has 0 aromatic heterocycles. The Bertz CT molecular complexity index is 326. The number of nitrogens with two attached hydrogens (primary N) is 1. The summed E-state index contributed by atoms with van der Waals surface area (Å²) in [4.78, 5) is 0. The lowest BCUT2D eigenvalue weighted by Crippen LogP contribution is -2.21. The van der Waals surface area contributed by atoms with Crippen molar-refractivity contribution >= 4 is 11.8 Å². The summed E-state index contributed by atoms with van der Waals surface area (Å²) in [7, 11) is 0. The Labute approximate surface area is 95.5 Å². The second kappa shape index (κ2) is 6.49. The highest BCUT2D eigenvalue weighted by atomic mass is 32.2. The Morgan fingerprint density at radius 2 is 2.07 bits per heavy atom. The van der Waals surface area contributed by atoms with Crippen molar-refractivity contribution in [3.05, 3.63) is 35.4 Å². The van der Waals surface area contributed by atoms with Gasteiger partial charge in [0.15, 0.2) is 0 Å². The van der Waals surface area contributed by atoms with Gasteiger partial charge in [0.2, 0.25) is 0 Å². The van der Waals surface area contributed by atoms with E-state index in [1.165, 1.54) is 5.56 Å². The first kappa shape index (κ1) is 12.1. The van der Waals surface area contributed by atoms with E-state index in [4.69, 9.17) is 11.0 Å². The predicted molar refractivity (Wildman–Crippen MR) is 65.6 cm³/mol. The molecule has 3 heteroatoms. The molecule has 1 rings (SSSR count). The van der Waals surface area contributed by atoms with Crippen LogP contribution in [0, 0.1) is 11.3 Å². The Hall–Kier alpha value is -0.980. The molecule has 0 saturated heterocycles. The zero-order valence-corrected chi connectivity index (χ0v) is 9.76. The van der Waals surface area contributed by atoms with Crippen LogP contribution in [-0.2, 0) is 5.75 Å². The molecule has 2 N–H and O–H groups in total. The minimum atomic E-state index is 0.299. The Morgan fingerprint density at radius 1 is 1.40 bits per heavy atom. The van der Waals surface area contributed by atoms with Gasteiger partial charge in [-0.1, -0.05) is 19.1 Å². The number of nitrogens with zero attached hydrogens (tertiary/aromatic N) is 1. The van der Waals surface area contributed by atoms with E-state index in [-0.39, 0.29) is 0 Å². The number of hydrogen-bond donors (Lipinski definition) is 1. The van der Waals surface area contributed by atoms with Gasteiger partial charge in [-0.3, -0.25) is 0 Å². The van der Waals surface area contributed by atoms with Crippen molar-refractivity contribution in [1.29, 1.82) is 5.26 Å². The topological polar surface area (TPSA) is 49.8 Å². The maximum absolute atomic E-state index is 8.64. The quantitative estimate of drug-likeness (QED) is 0.829. The number of benzene rings is 1. The first-order valence-electron chi connectivity index (χ1n) is 5.08. The molecule has 15 heavy (non-hydrogen) atoms. The average molecular weight is 220 g/mol. The van der Waals surface area contributed by atoms with Crippen LogP contribution in [0.3, 0.4) is 0 Å². The van der Waals surface area contributed by atoms with Crippen molar-refractivity contribution < 1.29 is 0 Å². The van der Waals surface area contributed by atoms with Gasteiger partial charge in [0, 0.05) is 17.5 Å². The molecule has 0 amide bonds. The maximum Gasteiger partial charge on any atom is 0.0991 e. The Kier molecular flexibility index (Phi) is 5.23. The lowest BCUT2D eigenvalue weighted by Gasteiger charge is -2.07. The molecule has 0 aliphatic carbocycles. The molecule has 1 aromatic rings. The summed E-state index contributed by atoms with van der Waals surface area (Å²) in [6, 6.07) is 10.1. The Morgan fingerprint density at radius 3 is 2.60 bits per heavy atom. The van der Waals surface area contributed by atoms with Crippen LogP contribution >= 0.6 is 11.8 Å². The predicted octanol–water partition coefficient (Wildman–Crippen LogP) is 2.53. The maximum atomic E-state index is 8.64. The van der Waals surface area contributed by atoms with E-state index < -0.39 is 0 Å². The first-order valence-corrected chi connectivity index (χ1v) is 6.24. The third-order valence-electron chi connectivity index (χ3n) is 2.21. The second-order valence-corrected chi connectivity index (χ2v) is 4.52. The van der Waals surface area contributed by atoms with E-state index in [9.17, 15) is 0 Å². The zero-order chi connectivity index (χ0) is 11.1. The smallest absolute Gasteiger partial charge is 0.0991 e. The van der Waals surface area contributed by atoms with Crippen molar-refractivity contribution in [2.75, 3.05) is 5.75 Å². The van der Waals surface area contributed by atoms with Crippen molar-refractivity contribution in [2.45, 2.75) is 25.1 Å². The van der Waals surface area contributed by atoms with Crippen molar-refractivity contribution in [3.63, 3.8) is 0 Å². The fourth-order valence-corrected chi connectivity index (χ4v) is 2.21. The summed E-state index contributed by atoms with van der Waals surface area (Å²) in [6.07, 6.45) is 1.03. The van der Waals surface area contributed by atoms with Crippen LogP contribution in [0.15, 0.2) is 24.3 Å². The number of nitriles is 1. The molecule has 1 unspecified atom stereocenters. The summed E-state index contributed by atoms with van der Waals surface area (Å²) in [5.41, 5.74) is 7.79. The van der Waals surface area contributed by atoms with E-state index in [0.717, 1.165) is 17.9 Å². The van der Waals surface area contributed by atoms with Gasteiger partial charge in [0.25, 0.3) is 0 Å². The van der Waals surface area contributed by atoms with Gasteiger partial charge in [-0.2, -0.15) is 17.0 Å². The fourth-order valence-electron chi connectivity index (χ4n) is 1.12. The summed E-state index contributed by atoms with van der Waals surface area (Å²) in [6.45, 7) is 2.10. The molecule has 2 nitrogen and oxygen atoms in total. The third-order valence-corrected chi connectivity index (χ3v) is 3.41. The van der Waals surface area contributed by atoms with Gasteiger partial charge in [-0.25, -0.2) is 0 Å². The van der Waals surface area contributed by atoms with Crippen molar-refractivity contribution in [1.82, 2.24) is 0 Å². The highest BCUT2D eigenvalue weighted by Crippen LogP contribution is 2.14. The van der Waals surface area contributed by atoms with Crippen LogP contribution in [0.5, 0.6) is 0 Å². The van der Waals surface area contributed by atoms with E-state index in [1.54, 1.807) is 0 Å². The number of thioether (sulfide) groups is 1. The molecule has 0 radical (unpaired) electrons. The van der Waals surface area contributed by atoms with E-state index in [2.05, 4.69) is 13.0 Å². The van der Waals surface area contributed by atoms with E-state index in [1.807, 2.05) is 36.0 Å². The normalized spacial score (nSPS) is 12.1. The lowest BCUT2D eigenvalue weighted by atomic mass is 10.2. The van der Waals surface area contributed by atoms with Gasteiger partial charge < -0.3 is 5.73 Å². The van der Waals surface area contributed by atoms with Gasteiger partial charge in [-0.15, -0.1) is 0 Å². The van der Waals surface area contributed by atoms with Crippen LogP contribution in [0.25, 0.3) is 0 Å². The van der Waals surface area contributed by atoms with Gasteiger partial charge >= 0.3 is 0 Å². The molecule has 0 aliphatic heterocycles. The lowest BCUT2D eigenvalue weighted by molar-refractivity contribution is 0.725. The monoisotopic (exact) mass is 220 g/mol. The van der Waals surface area contributed by atoms with Crippen LogP contribution in [0.2, 0.25) is 0 Å². The van der Waals surface area contributed by atoms with Gasteiger partial charge in [0.1, 0.15) is 0 Å². The van der Waals surface area contributed by atoms with Crippen LogP contribution in [-0.4, -0.2) is 11.8 Å². The zero-order valence-electron chi connectivity index (χ0n) is 8.94. The summed E-state index contributed by atoms with van der Waals surface area (Å²) in [5.74, 6) is 1.97. The first-order chi connectivity index (χ1) is 7.26.